The minimum absolute atomic E-state index is 0.445. The molecular weight excluding hydrogens is 272 g/mol. The van der Waals surface area contributed by atoms with Gasteiger partial charge in [-0.3, -0.25) is 4.98 Å². The molecule has 0 bridgehead atoms. The van der Waals surface area contributed by atoms with Crippen LogP contribution in [0.1, 0.15) is 17.5 Å². The molecule has 1 atom stereocenters. The number of aliphatic hydroxyl groups excluding tert-OH is 1. The van der Waals surface area contributed by atoms with E-state index in [1.165, 1.54) is 0 Å². The third-order valence-corrected chi connectivity index (χ3v) is 2.84. The average molecular weight is 283 g/mol. The van der Waals surface area contributed by atoms with Crippen LogP contribution in [0, 0.1) is 0 Å². The second kappa shape index (κ2) is 4.71. The Balaban J connectivity index is 2.18. The highest BCUT2D eigenvalue weighted by Crippen LogP contribution is 2.22. The highest BCUT2D eigenvalue weighted by molar-refractivity contribution is 9.10. The van der Waals surface area contributed by atoms with E-state index in [0.29, 0.717) is 16.7 Å². The molecule has 0 saturated carbocycles. The van der Waals surface area contributed by atoms with Crippen molar-refractivity contribution in [1.29, 1.82) is 0 Å². The van der Waals surface area contributed by atoms with Gasteiger partial charge in [0.05, 0.1) is 0 Å². The summed E-state index contributed by atoms with van der Waals surface area (Å²) in [4.78, 5) is 4.16. The zero-order chi connectivity index (χ0) is 11.5. The Bertz CT molecular complexity index is 451. The number of rotatable bonds is 3. The van der Waals surface area contributed by atoms with Crippen LogP contribution < -0.4 is 0 Å². The van der Waals surface area contributed by atoms with Gasteiger partial charge in [-0.05, 0) is 28.1 Å². The molecule has 16 heavy (non-hydrogen) atoms. The standard InChI is InChI=1S/C10H11BrN4O/c1-15-9(10(11)13-14-15)8(16)6-7-4-2-3-5-12-7/h2-5,8,16H,6H2,1H3. The lowest BCUT2D eigenvalue weighted by atomic mass is 10.1. The van der Waals surface area contributed by atoms with Gasteiger partial charge in [0, 0.05) is 25.4 Å². The minimum Gasteiger partial charge on any atom is -0.386 e. The first kappa shape index (κ1) is 11.2. The van der Waals surface area contributed by atoms with Crippen LogP contribution in [0.5, 0.6) is 0 Å². The summed E-state index contributed by atoms with van der Waals surface area (Å²) in [7, 11) is 1.74. The molecule has 0 spiro atoms. The number of hydrogen-bond acceptors (Lipinski definition) is 4. The molecule has 1 unspecified atom stereocenters. The smallest absolute Gasteiger partial charge is 0.154 e. The van der Waals surface area contributed by atoms with Gasteiger partial charge in [-0.2, -0.15) is 0 Å². The van der Waals surface area contributed by atoms with Crippen molar-refractivity contribution in [2.24, 2.45) is 7.05 Å². The van der Waals surface area contributed by atoms with Crippen LogP contribution in [0.4, 0.5) is 0 Å². The molecule has 0 fully saturated rings. The van der Waals surface area contributed by atoms with Gasteiger partial charge < -0.3 is 5.11 Å². The molecule has 0 amide bonds. The van der Waals surface area contributed by atoms with E-state index in [2.05, 4.69) is 31.2 Å². The van der Waals surface area contributed by atoms with E-state index >= 15 is 0 Å². The largest absolute Gasteiger partial charge is 0.386 e. The Hall–Kier alpha value is -1.27. The lowest BCUT2D eigenvalue weighted by Gasteiger charge is -2.10. The van der Waals surface area contributed by atoms with E-state index < -0.39 is 6.10 Å². The third-order valence-electron chi connectivity index (χ3n) is 2.27. The monoisotopic (exact) mass is 282 g/mol. The lowest BCUT2D eigenvalue weighted by Crippen LogP contribution is -2.09. The van der Waals surface area contributed by atoms with Gasteiger partial charge in [0.15, 0.2) is 4.60 Å². The Labute approximate surface area is 101 Å². The van der Waals surface area contributed by atoms with E-state index in [0.717, 1.165) is 5.69 Å². The molecule has 2 heterocycles. The first-order valence-corrected chi connectivity index (χ1v) is 5.61. The second-order valence-corrected chi connectivity index (χ2v) is 4.18. The maximum absolute atomic E-state index is 10.1. The van der Waals surface area contributed by atoms with Crippen molar-refractivity contribution in [2.75, 3.05) is 0 Å². The van der Waals surface area contributed by atoms with E-state index in [-0.39, 0.29) is 0 Å². The Morgan fingerprint density at radius 2 is 2.31 bits per heavy atom. The van der Waals surface area contributed by atoms with Gasteiger partial charge in [-0.25, -0.2) is 4.68 Å². The van der Waals surface area contributed by atoms with Crippen LogP contribution in [0.25, 0.3) is 0 Å². The number of hydrogen-bond donors (Lipinski definition) is 1. The van der Waals surface area contributed by atoms with Crippen molar-refractivity contribution in [2.45, 2.75) is 12.5 Å². The molecule has 0 aliphatic rings. The van der Waals surface area contributed by atoms with Crippen molar-refractivity contribution in [3.63, 3.8) is 0 Å². The average Bonchev–Trinajstić information content (AvgIpc) is 2.60. The molecule has 6 heteroatoms. The first-order chi connectivity index (χ1) is 7.68. The molecule has 0 aliphatic carbocycles. The molecule has 84 valence electrons. The zero-order valence-corrected chi connectivity index (χ0v) is 10.3. The minimum atomic E-state index is -0.663. The number of aromatic nitrogens is 4. The van der Waals surface area contributed by atoms with E-state index in [1.807, 2.05) is 18.2 Å². The summed E-state index contributed by atoms with van der Waals surface area (Å²) >= 11 is 3.26. The van der Waals surface area contributed by atoms with E-state index in [9.17, 15) is 5.11 Å². The second-order valence-electron chi connectivity index (χ2n) is 3.43. The molecule has 2 aromatic rings. The van der Waals surface area contributed by atoms with Crippen LogP contribution in [0.2, 0.25) is 0 Å². The highest BCUT2D eigenvalue weighted by Gasteiger charge is 2.18. The summed E-state index contributed by atoms with van der Waals surface area (Å²) in [6.07, 6.45) is 1.49. The summed E-state index contributed by atoms with van der Waals surface area (Å²) in [6, 6.07) is 5.62. The van der Waals surface area contributed by atoms with Gasteiger partial charge in [-0.1, -0.05) is 11.3 Å². The fourth-order valence-electron chi connectivity index (χ4n) is 1.51. The predicted molar refractivity (Wildman–Crippen MR) is 61.6 cm³/mol. The van der Waals surface area contributed by atoms with Crippen molar-refractivity contribution in [3.05, 3.63) is 40.4 Å². The Morgan fingerprint density at radius 1 is 1.50 bits per heavy atom. The van der Waals surface area contributed by atoms with Crippen molar-refractivity contribution in [3.8, 4) is 0 Å². The van der Waals surface area contributed by atoms with Gasteiger partial charge in [0.2, 0.25) is 0 Å². The normalized spacial score (nSPS) is 12.7. The Kier molecular flexibility index (Phi) is 3.31. The summed E-state index contributed by atoms with van der Waals surface area (Å²) in [5.41, 5.74) is 1.49. The molecule has 2 rings (SSSR count). The summed E-state index contributed by atoms with van der Waals surface area (Å²) < 4.78 is 2.12. The van der Waals surface area contributed by atoms with Crippen LogP contribution in [-0.4, -0.2) is 25.1 Å². The van der Waals surface area contributed by atoms with Gasteiger partial charge >= 0.3 is 0 Å². The number of pyridine rings is 1. The maximum Gasteiger partial charge on any atom is 0.154 e. The summed E-state index contributed by atoms with van der Waals surface area (Å²) in [5.74, 6) is 0. The van der Waals surface area contributed by atoms with Gasteiger partial charge in [-0.15, -0.1) is 5.10 Å². The van der Waals surface area contributed by atoms with Crippen molar-refractivity contribution in [1.82, 2.24) is 20.0 Å². The van der Waals surface area contributed by atoms with Crippen LogP contribution >= 0.6 is 15.9 Å². The zero-order valence-electron chi connectivity index (χ0n) is 8.71. The quantitative estimate of drug-likeness (QED) is 0.920. The maximum atomic E-state index is 10.1. The van der Waals surface area contributed by atoms with Crippen molar-refractivity contribution < 1.29 is 5.11 Å². The summed E-state index contributed by atoms with van der Waals surface area (Å²) in [5, 5.41) is 17.7. The molecule has 5 nitrogen and oxygen atoms in total. The number of aryl methyl sites for hydroxylation is 1. The molecule has 2 aromatic heterocycles. The molecule has 1 N–H and O–H groups in total. The van der Waals surface area contributed by atoms with Gasteiger partial charge in [0.1, 0.15) is 11.8 Å². The SMILES string of the molecule is Cn1nnc(Br)c1C(O)Cc1ccccn1. The topological polar surface area (TPSA) is 63.8 Å². The molecule has 0 saturated heterocycles. The fourth-order valence-corrected chi connectivity index (χ4v) is 2.10. The highest BCUT2D eigenvalue weighted by atomic mass is 79.9. The number of nitrogens with zero attached hydrogens (tertiary/aromatic N) is 4. The Morgan fingerprint density at radius 3 is 2.88 bits per heavy atom. The predicted octanol–water partition coefficient (Wildman–Crippen LogP) is 1.25. The van der Waals surface area contributed by atoms with Crippen molar-refractivity contribution >= 4 is 15.9 Å². The molecule has 0 aromatic carbocycles. The van der Waals surface area contributed by atoms with E-state index in [4.69, 9.17) is 0 Å². The number of aliphatic hydroxyl groups is 1. The third kappa shape index (κ3) is 2.28. The molecule has 0 aliphatic heterocycles. The first-order valence-electron chi connectivity index (χ1n) is 4.81. The van der Waals surface area contributed by atoms with Crippen LogP contribution in [0.15, 0.2) is 29.0 Å². The fraction of sp³-hybridized carbons (Fsp3) is 0.300. The van der Waals surface area contributed by atoms with Crippen LogP contribution in [0.3, 0.4) is 0 Å². The van der Waals surface area contributed by atoms with Gasteiger partial charge in [0.25, 0.3) is 0 Å². The lowest BCUT2D eigenvalue weighted by molar-refractivity contribution is 0.166. The summed E-state index contributed by atoms with van der Waals surface area (Å²) in [6.45, 7) is 0. The molecule has 0 radical (unpaired) electrons. The van der Waals surface area contributed by atoms with E-state index in [1.54, 1.807) is 17.9 Å². The van der Waals surface area contributed by atoms with Crippen LogP contribution in [-0.2, 0) is 13.5 Å². The molecular formula is C10H11BrN4O. The number of halogens is 1.